The summed E-state index contributed by atoms with van der Waals surface area (Å²) >= 11 is 3.59. The maximum Gasteiger partial charge on any atom is 0.119 e. The predicted molar refractivity (Wildman–Crippen MR) is 147 cm³/mol. The van der Waals surface area contributed by atoms with Crippen molar-refractivity contribution < 1.29 is 4.74 Å². The summed E-state index contributed by atoms with van der Waals surface area (Å²) in [7, 11) is 3.83. The number of nitrogens with zero attached hydrogens (tertiary/aromatic N) is 2. The molecule has 0 unspecified atom stereocenters. The number of methoxy groups -OCH3 is 1. The molecular weight excluding hydrogens is 484 g/mol. The molecule has 0 atom stereocenters. The number of ether oxygens (including phenoxy) is 1. The van der Waals surface area contributed by atoms with E-state index < -0.39 is 0 Å². The zero-order valence-corrected chi connectivity index (χ0v) is 20.6. The van der Waals surface area contributed by atoms with E-state index in [0.29, 0.717) is 0 Å². The van der Waals surface area contributed by atoms with E-state index in [1.165, 1.54) is 32.6 Å². The van der Waals surface area contributed by atoms with Crippen LogP contribution in [0.2, 0.25) is 0 Å². The van der Waals surface area contributed by atoms with E-state index in [4.69, 9.17) is 4.74 Å². The van der Waals surface area contributed by atoms with Crippen LogP contribution in [0, 0.1) is 0 Å². The van der Waals surface area contributed by atoms with Crippen molar-refractivity contribution in [1.29, 1.82) is 0 Å². The number of rotatable bonds is 4. The molecule has 166 valence electrons. The van der Waals surface area contributed by atoms with Crippen LogP contribution in [0.25, 0.3) is 32.6 Å². The number of benzene rings is 5. The molecule has 3 nitrogen and oxygen atoms in total. The lowest BCUT2D eigenvalue weighted by Crippen LogP contribution is -2.10. The third-order valence-corrected chi connectivity index (χ3v) is 7.02. The first-order valence-corrected chi connectivity index (χ1v) is 12.0. The van der Waals surface area contributed by atoms with Crippen molar-refractivity contribution >= 4 is 65.6 Å². The molecule has 0 spiro atoms. The second kappa shape index (κ2) is 8.23. The fourth-order valence-corrected chi connectivity index (χ4v) is 5.20. The van der Waals surface area contributed by atoms with Gasteiger partial charge in [-0.1, -0.05) is 46.3 Å². The van der Waals surface area contributed by atoms with Gasteiger partial charge >= 0.3 is 0 Å². The summed E-state index contributed by atoms with van der Waals surface area (Å²) in [6.07, 6.45) is 0. The van der Waals surface area contributed by atoms with Crippen molar-refractivity contribution in [3.8, 4) is 5.75 Å². The molecule has 0 N–H and O–H groups in total. The molecule has 0 amide bonds. The Labute approximate surface area is 206 Å². The van der Waals surface area contributed by atoms with Crippen LogP contribution in [0.4, 0.5) is 17.1 Å². The first-order valence-electron chi connectivity index (χ1n) is 11.2. The molecule has 0 aliphatic heterocycles. The fourth-order valence-electron chi connectivity index (χ4n) is 4.82. The molecule has 0 saturated carbocycles. The second-order valence-corrected chi connectivity index (χ2v) is 9.40. The Morgan fingerprint density at radius 3 is 2.12 bits per heavy atom. The van der Waals surface area contributed by atoms with Crippen LogP contribution < -0.4 is 9.64 Å². The number of hydrogen-bond donors (Lipinski definition) is 0. The smallest absolute Gasteiger partial charge is 0.119 e. The molecule has 0 radical (unpaired) electrons. The molecule has 6 rings (SSSR count). The Bertz CT molecular complexity index is 1670. The van der Waals surface area contributed by atoms with Gasteiger partial charge in [-0.2, -0.15) is 0 Å². The fraction of sp³-hybridized carbons (Fsp3) is 0.0667. The maximum atomic E-state index is 5.41. The Balaban J connectivity index is 1.58. The Kier molecular flexibility index (Phi) is 5.04. The topological polar surface area (TPSA) is 17.4 Å². The molecule has 0 aliphatic rings. The second-order valence-electron chi connectivity index (χ2n) is 8.49. The quantitative estimate of drug-likeness (QED) is 0.237. The minimum Gasteiger partial charge on any atom is -0.497 e. The van der Waals surface area contributed by atoms with Gasteiger partial charge in [0, 0.05) is 50.4 Å². The van der Waals surface area contributed by atoms with Gasteiger partial charge in [0.1, 0.15) is 5.75 Å². The minimum atomic E-state index is 0.844. The van der Waals surface area contributed by atoms with Crippen molar-refractivity contribution in [1.82, 2.24) is 4.57 Å². The van der Waals surface area contributed by atoms with Gasteiger partial charge in [0.25, 0.3) is 0 Å². The van der Waals surface area contributed by atoms with Gasteiger partial charge in [-0.15, -0.1) is 0 Å². The lowest BCUT2D eigenvalue weighted by Gasteiger charge is -2.26. The van der Waals surface area contributed by atoms with Crippen LogP contribution in [0.15, 0.2) is 108 Å². The molecule has 0 bridgehead atoms. The summed E-state index contributed by atoms with van der Waals surface area (Å²) in [4.78, 5) is 2.31. The molecule has 1 heterocycles. The lowest BCUT2D eigenvalue weighted by atomic mass is 10.1. The van der Waals surface area contributed by atoms with Gasteiger partial charge in [-0.05, 0) is 83.6 Å². The monoisotopic (exact) mass is 506 g/mol. The van der Waals surface area contributed by atoms with Crippen molar-refractivity contribution in [3.63, 3.8) is 0 Å². The van der Waals surface area contributed by atoms with E-state index in [9.17, 15) is 0 Å². The summed E-state index contributed by atoms with van der Waals surface area (Å²) in [6.45, 7) is 0. The molecule has 0 saturated heterocycles. The molecule has 0 fully saturated rings. The van der Waals surface area contributed by atoms with E-state index in [0.717, 1.165) is 27.3 Å². The van der Waals surface area contributed by atoms with E-state index in [-0.39, 0.29) is 0 Å². The summed E-state index contributed by atoms with van der Waals surface area (Å²) in [5.41, 5.74) is 5.77. The van der Waals surface area contributed by atoms with Gasteiger partial charge in [-0.3, -0.25) is 0 Å². The number of aromatic nitrogens is 1. The number of hydrogen-bond acceptors (Lipinski definition) is 2. The molecular formula is C30H23BrN2O. The zero-order valence-electron chi connectivity index (χ0n) is 19.0. The summed E-state index contributed by atoms with van der Waals surface area (Å²) in [5, 5.41) is 4.92. The van der Waals surface area contributed by atoms with Gasteiger partial charge < -0.3 is 14.2 Å². The number of para-hydroxylation sites is 1. The third kappa shape index (κ3) is 3.42. The molecule has 5 aromatic carbocycles. The predicted octanol–water partition coefficient (Wildman–Crippen LogP) is 8.73. The number of fused-ring (bicyclic) bond motifs is 4. The van der Waals surface area contributed by atoms with Crippen LogP contribution in [0.3, 0.4) is 0 Å². The minimum absolute atomic E-state index is 0.844. The Hall–Kier alpha value is -3.76. The highest BCUT2D eigenvalue weighted by atomic mass is 79.9. The van der Waals surface area contributed by atoms with Crippen LogP contribution in [-0.2, 0) is 7.05 Å². The molecule has 1 aromatic heterocycles. The van der Waals surface area contributed by atoms with E-state index in [1.807, 2.05) is 12.1 Å². The molecule has 0 aliphatic carbocycles. The van der Waals surface area contributed by atoms with Gasteiger partial charge in [0.2, 0.25) is 0 Å². The lowest BCUT2D eigenvalue weighted by molar-refractivity contribution is 0.415. The first kappa shape index (κ1) is 20.8. The molecule has 4 heteroatoms. The summed E-state index contributed by atoms with van der Waals surface area (Å²) in [5.74, 6) is 0.844. The summed E-state index contributed by atoms with van der Waals surface area (Å²) in [6, 6.07) is 36.6. The highest BCUT2D eigenvalue weighted by Gasteiger charge is 2.16. The average molecular weight is 507 g/mol. The largest absolute Gasteiger partial charge is 0.497 e. The van der Waals surface area contributed by atoms with E-state index in [1.54, 1.807) is 7.11 Å². The van der Waals surface area contributed by atoms with E-state index in [2.05, 4.69) is 123 Å². The third-order valence-electron chi connectivity index (χ3n) is 6.53. The first-order chi connectivity index (χ1) is 16.6. The number of halogens is 1. The van der Waals surface area contributed by atoms with Crippen LogP contribution in [-0.4, -0.2) is 11.7 Å². The highest BCUT2D eigenvalue weighted by Crippen LogP contribution is 2.40. The zero-order chi connectivity index (χ0) is 23.2. The van der Waals surface area contributed by atoms with Crippen molar-refractivity contribution in [2.75, 3.05) is 12.0 Å². The van der Waals surface area contributed by atoms with Gasteiger partial charge in [0.15, 0.2) is 0 Å². The molecule has 6 aromatic rings. The van der Waals surface area contributed by atoms with E-state index >= 15 is 0 Å². The maximum absolute atomic E-state index is 5.41. The number of anilines is 3. The molecule has 34 heavy (non-hydrogen) atoms. The SMILES string of the molecule is COc1ccc(N(c2ccc3cc(Br)ccc3c2)c2ccc3c(c2)c2ccccc2n3C)cc1. The van der Waals surface area contributed by atoms with Crippen molar-refractivity contribution in [3.05, 3.63) is 108 Å². The van der Waals surface area contributed by atoms with Crippen LogP contribution in [0.1, 0.15) is 0 Å². The number of aryl methyl sites for hydroxylation is 1. The van der Waals surface area contributed by atoms with Crippen LogP contribution >= 0.6 is 15.9 Å². The van der Waals surface area contributed by atoms with Crippen molar-refractivity contribution in [2.45, 2.75) is 0 Å². The highest BCUT2D eigenvalue weighted by molar-refractivity contribution is 9.10. The normalized spacial score (nSPS) is 11.4. The van der Waals surface area contributed by atoms with Crippen LogP contribution in [0.5, 0.6) is 5.75 Å². The van der Waals surface area contributed by atoms with Gasteiger partial charge in [0.05, 0.1) is 7.11 Å². The Morgan fingerprint density at radius 1 is 0.647 bits per heavy atom. The van der Waals surface area contributed by atoms with Crippen molar-refractivity contribution in [2.24, 2.45) is 7.05 Å². The Morgan fingerprint density at radius 2 is 1.29 bits per heavy atom. The van der Waals surface area contributed by atoms with Gasteiger partial charge in [-0.25, -0.2) is 0 Å². The standard InChI is InChI=1S/C30H23BrN2O/c1-32-29-6-4-3-5-27(29)28-19-25(13-16-30(28)32)33(23-11-14-26(34-2)15-12-23)24-10-8-20-17-22(31)9-7-21(20)18-24/h3-19H,1-2H3. The average Bonchev–Trinajstić information content (AvgIpc) is 3.16. The summed E-state index contributed by atoms with van der Waals surface area (Å²) < 4.78 is 8.76.